The van der Waals surface area contributed by atoms with Crippen molar-refractivity contribution in [1.82, 2.24) is 0 Å². The highest BCUT2D eigenvalue weighted by Gasteiger charge is 2.22. The predicted molar refractivity (Wildman–Crippen MR) is 69.5 cm³/mol. The van der Waals surface area contributed by atoms with Gasteiger partial charge < -0.3 is 14.3 Å². The number of carbonyl (C=O) groups is 1. The normalized spacial score (nSPS) is 11.1. The number of methoxy groups -OCH3 is 1. The first-order valence-corrected chi connectivity index (χ1v) is 6.91. The van der Waals surface area contributed by atoms with Gasteiger partial charge in [-0.1, -0.05) is 12.1 Å². The lowest BCUT2D eigenvalue weighted by Crippen LogP contribution is -2.12. The number of carboxylic acids is 1. The van der Waals surface area contributed by atoms with Crippen LogP contribution in [0.5, 0.6) is 5.75 Å². The van der Waals surface area contributed by atoms with Gasteiger partial charge in [0.25, 0.3) is 10.0 Å². The van der Waals surface area contributed by atoms with E-state index in [1.54, 1.807) is 18.2 Å². The van der Waals surface area contributed by atoms with Crippen molar-refractivity contribution >= 4 is 21.7 Å². The van der Waals surface area contributed by atoms with Gasteiger partial charge in [0.15, 0.2) is 0 Å². The number of hydrogen-bond acceptors (Lipinski definition) is 5. The van der Waals surface area contributed by atoms with Crippen molar-refractivity contribution in [2.75, 3.05) is 11.8 Å². The molecule has 0 radical (unpaired) electrons. The van der Waals surface area contributed by atoms with Gasteiger partial charge in [0, 0.05) is 0 Å². The van der Waals surface area contributed by atoms with Gasteiger partial charge in [0.2, 0.25) is 10.9 Å². The van der Waals surface area contributed by atoms with Crippen LogP contribution in [-0.4, -0.2) is 26.6 Å². The molecule has 8 heteroatoms. The van der Waals surface area contributed by atoms with Gasteiger partial charge in [-0.15, -0.1) is 0 Å². The molecule has 1 aromatic carbocycles. The third kappa shape index (κ3) is 2.75. The van der Waals surface area contributed by atoms with Crippen LogP contribution in [0.25, 0.3) is 0 Å². The maximum absolute atomic E-state index is 12.1. The van der Waals surface area contributed by atoms with E-state index in [-0.39, 0.29) is 5.69 Å². The molecule has 1 heterocycles. The number of nitrogens with one attached hydrogen (secondary N) is 1. The van der Waals surface area contributed by atoms with Gasteiger partial charge in [0.1, 0.15) is 5.75 Å². The number of ether oxygens (including phenoxy) is 1. The van der Waals surface area contributed by atoms with Gasteiger partial charge in [-0.2, -0.15) is 8.42 Å². The Morgan fingerprint density at radius 2 is 1.95 bits per heavy atom. The zero-order valence-electron chi connectivity index (χ0n) is 10.4. The minimum Gasteiger partial charge on any atom is -0.495 e. The Bertz CT molecular complexity index is 734. The number of anilines is 1. The molecule has 2 N–H and O–H groups in total. The molecule has 106 valence electrons. The molecule has 0 amide bonds. The lowest BCUT2D eigenvalue weighted by atomic mass is 10.3. The summed E-state index contributed by atoms with van der Waals surface area (Å²) in [6.45, 7) is 0. The van der Waals surface area contributed by atoms with Gasteiger partial charge in [-0.25, -0.2) is 4.79 Å². The van der Waals surface area contributed by atoms with E-state index < -0.39 is 26.8 Å². The van der Waals surface area contributed by atoms with E-state index >= 15 is 0 Å². The van der Waals surface area contributed by atoms with Gasteiger partial charge in [-0.05, 0) is 24.3 Å². The lowest BCUT2D eigenvalue weighted by Gasteiger charge is -2.09. The molecular weight excluding hydrogens is 286 g/mol. The topological polar surface area (TPSA) is 106 Å². The average Bonchev–Trinajstić information content (AvgIpc) is 2.89. The first-order valence-electron chi connectivity index (χ1n) is 5.43. The second-order valence-corrected chi connectivity index (χ2v) is 5.34. The second kappa shape index (κ2) is 5.25. The Kier molecular flexibility index (Phi) is 3.66. The molecule has 20 heavy (non-hydrogen) atoms. The molecule has 0 unspecified atom stereocenters. The average molecular weight is 297 g/mol. The Morgan fingerprint density at radius 3 is 2.55 bits per heavy atom. The van der Waals surface area contributed by atoms with Crippen LogP contribution < -0.4 is 9.46 Å². The quantitative estimate of drug-likeness (QED) is 0.871. The molecule has 2 aromatic rings. The summed E-state index contributed by atoms with van der Waals surface area (Å²) >= 11 is 0. The highest BCUT2D eigenvalue weighted by atomic mass is 32.2. The van der Waals surface area contributed by atoms with Crippen LogP contribution in [0.1, 0.15) is 10.6 Å². The molecule has 7 nitrogen and oxygen atoms in total. The largest absolute Gasteiger partial charge is 0.495 e. The number of para-hydroxylation sites is 2. The van der Waals surface area contributed by atoms with E-state index in [0.29, 0.717) is 5.75 Å². The van der Waals surface area contributed by atoms with Crippen LogP contribution >= 0.6 is 0 Å². The zero-order chi connectivity index (χ0) is 14.8. The number of furan rings is 1. The molecular formula is C12H11NO6S. The minimum atomic E-state index is -4.02. The van der Waals surface area contributed by atoms with Crippen LogP contribution in [0.2, 0.25) is 0 Å². The van der Waals surface area contributed by atoms with Crippen molar-refractivity contribution in [1.29, 1.82) is 0 Å². The molecule has 0 aliphatic carbocycles. The summed E-state index contributed by atoms with van der Waals surface area (Å²) in [4.78, 5) is 10.7. The highest BCUT2D eigenvalue weighted by molar-refractivity contribution is 7.92. The summed E-state index contributed by atoms with van der Waals surface area (Å²) in [6.07, 6.45) is 0. The molecule has 0 bridgehead atoms. The number of hydrogen-bond donors (Lipinski definition) is 2. The SMILES string of the molecule is COc1ccccc1NS(=O)(=O)c1ccc(C(=O)O)o1. The van der Waals surface area contributed by atoms with Crippen LogP contribution in [0.15, 0.2) is 45.9 Å². The van der Waals surface area contributed by atoms with E-state index in [0.717, 1.165) is 12.1 Å². The minimum absolute atomic E-state index is 0.225. The number of sulfonamides is 1. The molecule has 0 aliphatic rings. The van der Waals surface area contributed by atoms with Crippen LogP contribution in [0.4, 0.5) is 5.69 Å². The monoisotopic (exact) mass is 297 g/mol. The molecule has 2 rings (SSSR count). The molecule has 0 saturated carbocycles. The van der Waals surface area contributed by atoms with Crippen molar-refractivity contribution < 1.29 is 27.5 Å². The number of benzene rings is 1. The predicted octanol–water partition coefficient (Wildman–Crippen LogP) is 1.79. The lowest BCUT2D eigenvalue weighted by molar-refractivity contribution is 0.0656. The van der Waals surface area contributed by atoms with Crippen molar-refractivity contribution in [3.8, 4) is 5.75 Å². The van der Waals surface area contributed by atoms with E-state index in [9.17, 15) is 13.2 Å². The van der Waals surface area contributed by atoms with Crippen molar-refractivity contribution in [3.63, 3.8) is 0 Å². The maximum atomic E-state index is 12.1. The van der Waals surface area contributed by atoms with Crippen LogP contribution in [0, 0.1) is 0 Å². The first-order chi connectivity index (χ1) is 9.44. The molecule has 1 aromatic heterocycles. The molecule has 0 saturated heterocycles. The standard InChI is InChI=1S/C12H11NO6S/c1-18-9-5-3-2-4-8(9)13-20(16,17)11-7-6-10(19-11)12(14)15/h2-7,13H,1H3,(H,14,15). The smallest absolute Gasteiger partial charge is 0.371 e. The van der Waals surface area contributed by atoms with Crippen LogP contribution in [0.3, 0.4) is 0 Å². The Hall–Kier alpha value is -2.48. The summed E-state index contributed by atoms with van der Waals surface area (Å²) in [5.74, 6) is -1.46. The molecule has 0 fully saturated rings. The Labute approximate surface area is 114 Å². The van der Waals surface area contributed by atoms with E-state index in [1.165, 1.54) is 13.2 Å². The maximum Gasteiger partial charge on any atom is 0.371 e. The third-order valence-electron chi connectivity index (χ3n) is 2.41. The fraction of sp³-hybridized carbons (Fsp3) is 0.0833. The van der Waals surface area contributed by atoms with Crippen molar-refractivity contribution in [3.05, 3.63) is 42.2 Å². The Balaban J connectivity index is 2.33. The summed E-state index contributed by atoms with van der Waals surface area (Å²) < 4.78 is 36.2. The van der Waals surface area contributed by atoms with Gasteiger partial charge >= 0.3 is 5.97 Å². The summed E-state index contributed by atoms with van der Waals surface area (Å²) in [7, 11) is -2.61. The highest BCUT2D eigenvalue weighted by Crippen LogP contribution is 2.26. The molecule has 0 atom stereocenters. The third-order valence-corrected chi connectivity index (χ3v) is 3.65. The van der Waals surface area contributed by atoms with Gasteiger partial charge in [0.05, 0.1) is 12.8 Å². The van der Waals surface area contributed by atoms with E-state index in [4.69, 9.17) is 14.3 Å². The second-order valence-electron chi connectivity index (χ2n) is 3.73. The summed E-state index contributed by atoms with van der Waals surface area (Å²) in [6, 6.07) is 8.55. The number of aromatic carboxylic acids is 1. The van der Waals surface area contributed by atoms with Crippen molar-refractivity contribution in [2.24, 2.45) is 0 Å². The van der Waals surface area contributed by atoms with E-state index in [1.807, 2.05) is 0 Å². The fourth-order valence-electron chi connectivity index (χ4n) is 1.50. The first kappa shape index (κ1) is 13.9. The van der Waals surface area contributed by atoms with Crippen molar-refractivity contribution in [2.45, 2.75) is 5.09 Å². The summed E-state index contributed by atoms with van der Waals surface area (Å²) in [5.41, 5.74) is 0.225. The van der Waals surface area contributed by atoms with Crippen LogP contribution in [-0.2, 0) is 10.0 Å². The summed E-state index contributed by atoms with van der Waals surface area (Å²) in [5, 5.41) is 8.22. The molecule has 0 spiro atoms. The molecule has 0 aliphatic heterocycles. The van der Waals surface area contributed by atoms with E-state index in [2.05, 4.69) is 4.72 Å². The van der Waals surface area contributed by atoms with Gasteiger partial charge in [-0.3, -0.25) is 4.72 Å². The Morgan fingerprint density at radius 1 is 1.25 bits per heavy atom. The number of rotatable bonds is 5. The number of carboxylic acid groups (broad SMARTS) is 1. The zero-order valence-corrected chi connectivity index (χ0v) is 11.2. The fourth-order valence-corrected chi connectivity index (χ4v) is 2.51.